The summed E-state index contributed by atoms with van der Waals surface area (Å²) in [5.74, 6) is -0.758. The van der Waals surface area contributed by atoms with Crippen molar-refractivity contribution in [3.8, 4) is 0 Å². The number of rotatable bonds is 3. The van der Waals surface area contributed by atoms with Crippen molar-refractivity contribution in [1.82, 2.24) is 5.32 Å². The lowest BCUT2D eigenvalue weighted by Crippen LogP contribution is -2.52. The molecule has 0 saturated carbocycles. The lowest BCUT2D eigenvalue weighted by atomic mass is 9.86. The Morgan fingerprint density at radius 1 is 1.26 bits per heavy atom. The predicted octanol–water partition coefficient (Wildman–Crippen LogP) is 0.973. The van der Waals surface area contributed by atoms with E-state index in [4.69, 9.17) is 0 Å². The molecule has 2 amide bonds. The van der Waals surface area contributed by atoms with Crippen LogP contribution in [-0.2, 0) is 19.9 Å². The van der Waals surface area contributed by atoms with Gasteiger partial charge in [-0.3, -0.25) is 14.4 Å². The Labute approximate surface area is 111 Å². The van der Waals surface area contributed by atoms with Crippen LogP contribution in [0.3, 0.4) is 0 Å². The highest BCUT2D eigenvalue weighted by molar-refractivity contribution is 6.10. The van der Waals surface area contributed by atoms with E-state index in [9.17, 15) is 14.4 Å². The van der Waals surface area contributed by atoms with Crippen LogP contribution in [0.15, 0.2) is 24.3 Å². The maximum absolute atomic E-state index is 12.5. The van der Waals surface area contributed by atoms with E-state index >= 15 is 0 Å². The molecule has 1 aromatic carbocycles. The molecular formula is C14H16N2O3. The minimum absolute atomic E-state index is 0.0350. The summed E-state index contributed by atoms with van der Waals surface area (Å²) in [5.41, 5.74) is 0.138. The number of carbonyl (C=O) groups excluding carboxylic acids is 3. The molecule has 1 aliphatic heterocycles. The molecule has 1 aliphatic rings. The van der Waals surface area contributed by atoms with Crippen LogP contribution in [0.25, 0.3) is 0 Å². The Morgan fingerprint density at radius 2 is 1.89 bits per heavy atom. The van der Waals surface area contributed by atoms with Gasteiger partial charge in [0, 0.05) is 31.6 Å². The maximum atomic E-state index is 12.5. The summed E-state index contributed by atoms with van der Waals surface area (Å²) in [5, 5.41) is 2.67. The second-order valence-electron chi connectivity index (χ2n) is 4.85. The number of nitrogens with one attached hydrogen (secondary N) is 1. The first-order valence-corrected chi connectivity index (χ1v) is 6.04. The number of Topliss-reactive ketones (excluding diaryl/α,β-unsaturated/α-hetero) is 1. The lowest BCUT2D eigenvalue weighted by Gasteiger charge is -2.28. The summed E-state index contributed by atoms with van der Waals surface area (Å²) in [6.45, 7) is 2.76. The third kappa shape index (κ3) is 2.01. The molecule has 0 radical (unpaired) electrons. The first-order valence-electron chi connectivity index (χ1n) is 6.04. The normalized spacial score (nSPS) is 21.2. The molecule has 1 heterocycles. The van der Waals surface area contributed by atoms with Crippen LogP contribution < -0.4 is 10.2 Å². The van der Waals surface area contributed by atoms with Gasteiger partial charge in [0.1, 0.15) is 5.78 Å². The molecule has 0 aliphatic carbocycles. The summed E-state index contributed by atoms with van der Waals surface area (Å²) in [6, 6.07) is 7.19. The third-order valence-electron chi connectivity index (χ3n) is 3.30. The van der Waals surface area contributed by atoms with Gasteiger partial charge in [-0.05, 0) is 13.0 Å². The Hall–Kier alpha value is -2.17. The van der Waals surface area contributed by atoms with E-state index < -0.39 is 5.54 Å². The van der Waals surface area contributed by atoms with Crippen LogP contribution in [-0.4, -0.2) is 24.6 Å². The molecule has 1 N–H and O–H groups in total. The Balaban J connectivity index is 2.62. The Morgan fingerprint density at radius 3 is 2.47 bits per heavy atom. The molecule has 1 aromatic rings. The van der Waals surface area contributed by atoms with Crippen LogP contribution >= 0.6 is 0 Å². The van der Waals surface area contributed by atoms with Crippen molar-refractivity contribution in [1.29, 1.82) is 0 Å². The van der Waals surface area contributed by atoms with Gasteiger partial charge in [0.15, 0.2) is 5.54 Å². The van der Waals surface area contributed by atoms with Gasteiger partial charge in [0.05, 0.1) is 0 Å². The van der Waals surface area contributed by atoms with Gasteiger partial charge in [0.2, 0.25) is 5.91 Å². The second-order valence-corrected chi connectivity index (χ2v) is 4.85. The molecule has 2 rings (SSSR count). The van der Waals surface area contributed by atoms with Crippen LogP contribution in [0.2, 0.25) is 0 Å². The zero-order valence-electron chi connectivity index (χ0n) is 11.2. The van der Waals surface area contributed by atoms with Crippen molar-refractivity contribution < 1.29 is 14.4 Å². The van der Waals surface area contributed by atoms with E-state index in [1.165, 1.54) is 18.7 Å². The van der Waals surface area contributed by atoms with Gasteiger partial charge in [-0.1, -0.05) is 18.2 Å². The molecule has 5 nitrogen and oxygen atoms in total. The van der Waals surface area contributed by atoms with E-state index in [1.54, 1.807) is 25.2 Å². The molecule has 0 unspecified atom stereocenters. The fourth-order valence-corrected chi connectivity index (χ4v) is 2.65. The molecule has 0 saturated heterocycles. The quantitative estimate of drug-likeness (QED) is 0.880. The Kier molecular flexibility index (Phi) is 3.14. The van der Waals surface area contributed by atoms with E-state index in [0.29, 0.717) is 5.56 Å². The number of carbonyl (C=O) groups is 3. The maximum Gasteiger partial charge on any atom is 0.257 e. The first kappa shape index (κ1) is 13.3. The zero-order chi connectivity index (χ0) is 14.2. The second kappa shape index (κ2) is 4.50. The first-order chi connectivity index (χ1) is 8.88. The number of nitrogens with zero attached hydrogens (tertiary/aromatic N) is 1. The number of ketones is 1. The minimum atomic E-state index is -1.26. The van der Waals surface area contributed by atoms with Gasteiger partial charge in [0.25, 0.3) is 5.91 Å². The van der Waals surface area contributed by atoms with Crippen LogP contribution in [0.5, 0.6) is 0 Å². The van der Waals surface area contributed by atoms with Crippen molar-refractivity contribution in [3.05, 3.63) is 29.8 Å². The largest absolute Gasteiger partial charge is 0.338 e. The molecule has 0 spiro atoms. The van der Waals surface area contributed by atoms with Crippen LogP contribution in [0.1, 0.15) is 25.8 Å². The minimum Gasteiger partial charge on any atom is -0.338 e. The molecule has 1 atom stereocenters. The number of amides is 2. The molecule has 100 valence electrons. The van der Waals surface area contributed by atoms with Crippen molar-refractivity contribution in [2.45, 2.75) is 25.8 Å². The van der Waals surface area contributed by atoms with Crippen molar-refractivity contribution in [2.24, 2.45) is 0 Å². The summed E-state index contributed by atoms with van der Waals surface area (Å²) >= 11 is 0. The highest BCUT2D eigenvalue weighted by Gasteiger charge is 2.50. The van der Waals surface area contributed by atoms with Crippen molar-refractivity contribution in [2.75, 3.05) is 11.9 Å². The number of para-hydroxylation sites is 1. The molecule has 0 aromatic heterocycles. The predicted molar refractivity (Wildman–Crippen MR) is 70.6 cm³/mol. The number of anilines is 1. The van der Waals surface area contributed by atoms with Gasteiger partial charge in [-0.2, -0.15) is 0 Å². The van der Waals surface area contributed by atoms with Crippen molar-refractivity contribution in [3.63, 3.8) is 0 Å². The van der Waals surface area contributed by atoms with Gasteiger partial charge < -0.3 is 10.2 Å². The topological polar surface area (TPSA) is 66.5 Å². The fourth-order valence-electron chi connectivity index (χ4n) is 2.65. The zero-order valence-corrected chi connectivity index (χ0v) is 11.2. The summed E-state index contributed by atoms with van der Waals surface area (Å²) in [4.78, 5) is 37.0. The van der Waals surface area contributed by atoms with E-state index in [2.05, 4.69) is 5.32 Å². The molecule has 5 heteroatoms. The standard InChI is InChI=1S/C14H16N2O3/c1-9(17)8-14(15-10(2)18)11-6-4-5-7-12(11)16(3)13(14)19/h4-7H,8H2,1-3H3,(H,15,18)/t14-/m1/s1. The highest BCUT2D eigenvalue weighted by Crippen LogP contribution is 2.41. The summed E-state index contributed by atoms with van der Waals surface area (Å²) in [7, 11) is 1.64. The number of fused-ring (bicyclic) bond motifs is 1. The van der Waals surface area contributed by atoms with Gasteiger partial charge >= 0.3 is 0 Å². The molecular weight excluding hydrogens is 244 g/mol. The summed E-state index contributed by atoms with van der Waals surface area (Å²) < 4.78 is 0. The van der Waals surface area contributed by atoms with Crippen LogP contribution in [0.4, 0.5) is 5.69 Å². The molecule has 19 heavy (non-hydrogen) atoms. The molecule has 0 fully saturated rings. The van der Waals surface area contributed by atoms with E-state index in [1.807, 2.05) is 6.07 Å². The Bertz CT molecular complexity index is 550. The number of benzene rings is 1. The SMILES string of the molecule is CC(=O)C[C@]1(NC(C)=O)C(=O)N(C)c2ccccc21. The van der Waals surface area contributed by atoms with Crippen molar-refractivity contribution >= 4 is 23.3 Å². The number of likely N-dealkylation sites (N-methyl/N-ethyl adjacent to an activating group) is 1. The average molecular weight is 260 g/mol. The fraction of sp³-hybridized carbons (Fsp3) is 0.357. The van der Waals surface area contributed by atoms with Crippen LogP contribution in [0, 0.1) is 0 Å². The lowest BCUT2D eigenvalue weighted by molar-refractivity contribution is -0.133. The van der Waals surface area contributed by atoms with Gasteiger partial charge in [-0.15, -0.1) is 0 Å². The number of hydrogen-bond acceptors (Lipinski definition) is 3. The van der Waals surface area contributed by atoms with E-state index in [-0.39, 0.29) is 24.0 Å². The molecule has 0 bridgehead atoms. The average Bonchev–Trinajstić information content (AvgIpc) is 2.52. The summed E-state index contributed by atoms with van der Waals surface area (Å²) in [6.07, 6.45) is -0.0350. The number of hydrogen-bond donors (Lipinski definition) is 1. The highest BCUT2D eigenvalue weighted by atomic mass is 16.2. The smallest absolute Gasteiger partial charge is 0.257 e. The monoisotopic (exact) mass is 260 g/mol. The van der Waals surface area contributed by atoms with E-state index in [0.717, 1.165) is 5.69 Å². The third-order valence-corrected chi connectivity index (χ3v) is 3.30. The van der Waals surface area contributed by atoms with Gasteiger partial charge in [-0.25, -0.2) is 0 Å².